The van der Waals surface area contributed by atoms with Gasteiger partial charge >= 0.3 is 5.97 Å². The molecule has 0 spiro atoms. The molecule has 0 radical (unpaired) electrons. The second-order valence-electron chi connectivity index (χ2n) is 5.82. The average Bonchev–Trinajstić information content (AvgIpc) is 2.53. The van der Waals surface area contributed by atoms with Crippen molar-refractivity contribution in [2.24, 2.45) is 0 Å². The molecule has 0 saturated carbocycles. The third-order valence-electron chi connectivity index (χ3n) is 4.10. The Morgan fingerprint density at radius 1 is 1.22 bits per heavy atom. The average molecular weight is 318 g/mol. The zero-order valence-electron chi connectivity index (χ0n) is 13.2. The van der Waals surface area contributed by atoms with E-state index in [1.54, 1.807) is 24.3 Å². The number of benzene rings is 1. The van der Waals surface area contributed by atoms with Gasteiger partial charge in [0.25, 0.3) is 0 Å². The lowest BCUT2D eigenvalue weighted by Crippen LogP contribution is -2.45. The number of carboxylic acids is 1. The number of piperidine rings is 1. The van der Waals surface area contributed by atoms with Crippen LogP contribution in [0.3, 0.4) is 0 Å². The van der Waals surface area contributed by atoms with Crippen LogP contribution in [0.2, 0.25) is 0 Å². The van der Waals surface area contributed by atoms with Gasteiger partial charge in [0.15, 0.2) is 5.78 Å². The van der Waals surface area contributed by atoms with Crippen molar-refractivity contribution in [3.63, 3.8) is 0 Å². The number of rotatable bonds is 6. The number of hydrogen-bond donors (Lipinski definition) is 2. The van der Waals surface area contributed by atoms with Crippen molar-refractivity contribution in [3.05, 3.63) is 29.8 Å². The molecule has 1 heterocycles. The highest BCUT2D eigenvalue weighted by Gasteiger charge is 2.28. The predicted molar refractivity (Wildman–Crippen MR) is 86.5 cm³/mol. The van der Waals surface area contributed by atoms with Crippen molar-refractivity contribution in [1.29, 1.82) is 0 Å². The smallest absolute Gasteiger partial charge is 0.320 e. The van der Waals surface area contributed by atoms with Crippen molar-refractivity contribution in [3.8, 4) is 0 Å². The maximum absolute atomic E-state index is 12.0. The van der Waals surface area contributed by atoms with Gasteiger partial charge < -0.3 is 10.4 Å². The normalized spacial score (nSPS) is 18.4. The summed E-state index contributed by atoms with van der Waals surface area (Å²) < 4.78 is 0. The molecule has 23 heavy (non-hydrogen) atoms. The van der Waals surface area contributed by atoms with Crippen LogP contribution in [0.1, 0.15) is 43.0 Å². The van der Waals surface area contributed by atoms with Crippen LogP contribution in [0.4, 0.5) is 5.69 Å². The van der Waals surface area contributed by atoms with E-state index in [9.17, 15) is 19.5 Å². The summed E-state index contributed by atoms with van der Waals surface area (Å²) in [6, 6.07) is 6.24. The highest BCUT2D eigenvalue weighted by molar-refractivity contribution is 5.95. The number of carbonyl (C=O) groups is 3. The van der Waals surface area contributed by atoms with E-state index in [1.165, 1.54) is 6.92 Å². The summed E-state index contributed by atoms with van der Waals surface area (Å²) in [5.41, 5.74) is 1.23. The van der Waals surface area contributed by atoms with Gasteiger partial charge in [-0.05, 0) is 50.6 Å². The number of carbonyl (C=O) groups excluding carboxylic acids is 2. The predicted octanol–water partition coefficient (Wildman–Crippen LogP) is 2.16. The molecule has 2 rings (SSSR count). The molecule has 1 aromatic carbocycles. The fourth-order valence-electron chi connectivity index (χ4n) is 2.80. The first-order valence-electron chi connectivity index (χ1n) is 7.85. The summed E-state index contributed by atoms with van der Waals surface area (Å²) >= 11 is 0. The van der Waals surface area contributed by atoms with Crippen LogP contribution < -0.4 is 5.32 Å². The van der Waals surface area contributed by atoms with E-state index in [0.29, 0.717) is 24.2 Å². The summed E-state index contributed by atoms with van der Waals surface area (Å²) in [6.45, 7) is 2.65. The summed E-state index contributed by atoms with van der Waals surface area (Å²) in [7, 11) is 0. The molecule has 6 nitrogen and oxygen atoms in total. The number of ketones is 1. The lowest BCUT2D eigenvalue weighted by atomic mass is 10.0. The summed E-state index contributed by atoms with van der Waals surface area (Å²) in [5.74, 6) is -0.993. The van der Waals surface area contributed by atoms with Gasteiger partial charge in [0, 0.05) is 24.2 Å². The van der Waals surface area contributed by atoms with Crippen LogP contribution >= 0.6 is 0 Å². The summed E-state index contributed by atoms with van der Waals surface area (Å²) in [5, 5.41) is 12.0. The highest BCUT2D eigenvalue weighted by atomic mass is 16.4. The molecule has 1 aromatic rings. The molecule has 1 unspecified atom stereocenters. The Hall–Kier alpha value is -2.21. The minimum Gasteiger partial charge on any atom is -0.480 e. The number of amides is 1. The fourth-order valence-corrected chi connectivity index (χ4v) is 2.80. The van der Waals surface area contributed by atoms with Gasteiger partial charge in [0.2, 0.25) is 5.91 Å². The molecular weight excluding hydrogens is 296 g/mol. The molecular formula is C17H22N2O4. The Morgan fingerprint density at radius 2 is 1.91 bits per heavy atom. The van der Waals surface area contributed by atoms with Crippen LogP contribution in [0, 0.1) is 0 Å². The zero-order chi connectivity index (χ0) is 16.8. The molecule has 1 aliphatic rings. The van der Waals surface area contributed by atoms with Gasteiger partial charge in [-0.2, -0.15) is 0 Å². The molecule has 0 aliphatic carbocycles. The molecule has 0 aromatic heterocycles. The van der Waals surface area contributed by atoms with Crippen LogP contribution in [0.25, 0.3) is 0 Å². The van der Waals surface area contributed by atoms with Gasteiger partial charge in [0.05, 0.1) is 0 Å². The number of nitrogens with zero attached hydrogens (tertiary/aromatic N) is 1. The number of likely N-dealkylation sites (tertiary alicyclic amines) is 1. The van der Waals surface area contributed by atoms with Gasteiger partial charge in [-0.15, -0.1) is 0 Å². The topological polar surface area (TPSA) is 86.7 Å². The third kappa shape index (κ3) is 4.89. The maximum atomic E-state index is 12.0. The third-order valence-corrected chi connectivity index (χ3v) is 4.10. The molecule has 0 bridgehead atoms. The van der Waals surface area contributed by atoms with Crippen LogP contribution in [-0.4, -0.2) is 46.8 Å². The van der Waals surface area contributed by atoms with Crippen molar-refractivity contribution in [2.75, 3.05) is 18.4 Å². The Labute approximate surface area is 135 Å². The standard InChI is InChI=1S/C17H22N2O4/c1-12(20)13-5-7-14(8-6-13)18-16(21)9-11-19-10-3-2-4-15(19)17(22)23/h5-8,15H,2-4,9-11H2,1H3,(H,18,21)(H,22,23). The first-order valence-corrected chi connectivity index (χ1v) is 7.85. The van der Waals surface area contributed by atoms with E-state index in [2.05, 4.69) is 5.32 Å². The van der Waals surface area contributed by atoms with Crippen molar-refractivity contribution in [2.45, 2.75) is 38.6 Å². The molecule has 1 amide bonds. The number of anilines is 1. The van der Waals surface area contributed by atoms with Crippen LogP contribution in [0.15, 0.2) is 24.3 Å². The summed E-state index contributed by atoms with van der Waals surface area (Å²) in [6.07, 6.45) is 2.78. The monoisotopic (exact) mass is 318 g/mol. The zero-order valence-corrected chi connectivity index (χ0v) is 13.2. The molecule has 124 valence electrons. The van der Waals surface area contributed by atoms with Crippen LogP contribution in [-0.2, 0) is 9.59 Å². The fraction of sp³-hybridized carbons (Fsp3) is 0.471. The molecule has 2 N–H and O–H groups in total. The number of Topliss-reactive ketones (excluding diaryl/α,β-unsaturated/α-hetero) is 1. The van der Waals surface area contributed by atoms with Crippen molar-refractivity contribution < 1.29 is 19.5 Å². The minimum atomic E-state index is -0.815. The van der Waals surface area contributed by atoms with E-state index < -0.39 is 12.0 Å². The summed E-state index contributed by atoms with van der Waals surface area (Å²) in [4.78, 5) is 36.3. The number of nitrogens with one attached hydrogen (secondary N) is 1. The Kier molecular flexibility index (Phi) is 5.87. The second-order valence-corrected chi connectivity index (χ2v) is 5.82. The van der Waals surface area contributed by atoms with Crippen molar-refractivity contribution >= 4 is 23.3 Å². The SMILES string of the molecule is CC(=O)c1ccc(NC(=O)CCN2CCCCC2C(=O)O)cc1. The molecule has 1 saturated heterocycles. The largest absolute Gasteiger partial charge is 0.480 e. The Morgan fingerprint density at radius 3 is 2.52 bits per heavy atom. The molecule has 6 heteroatoms. The van der Waals surface area contributed by atoms with Crippen LogP contribution in [0.5, 0.6) is 0 Å². The second kappa shape index (κ2) is 7.87. The minimum absolute atomic E-state index is 0.0207. The van der Waals surface area contributed by atoms with E-state index in [-0.39, 0.29) is 18.1 Å². The first-order chi connectivity index (χ1) is 11.0. The quantitative estimate of drug-likeness (QED) is 0.785. The van der Waals surface area contributed by atoms with Gasteiger partial charge in [-0.3, -0.25) is 19.3 Å². The van der Waals surface area contributed by atoms with E-state index in [4.69, 9.17) is 0 Å². The number of aliphatic carboxylic acids is 1. The maximum Gasteiger partial charge on any atom is 0.320 e. The van der Waals surface area contributed by atoms with E-state index in [0.717, 1.165) is 19.4 Å². The lowest BCUT2D eigenvalue weighted by Gasteiger charge is -2.32. The van der Waals surface area contributed by atoms with Gasteiger partial charge in [-0.1, -0.05) is 6.42 Å². The van der Waals surface area contributed by atoms with Crippen molar-refractivity contribution in [1.82, 2.24) is 4.90 Å². The van der Waals surface area contributed by atoms with Gasteiger partial charge in [0.1, 0.15) is 6.04 Å². The Balaban J connectivity index is 1.84. The van der Waals surface area contributed by atoms with E-state index >= 15 is 0 Å². The van der Waals surface area contributed by atoms with Gasteiger partial charge in [-0.25, -0.2) is 0 Å². The van der Waals surface area contributed by atoms with E-state index in [1.807, 2.05) is 4.90 Å². The molecule has 1 atom stereocenters. The lowest BCUT2D eigenvalue weighted by molar-refractivity contribution is -0.144. The molecule has 1 fully saturated rings. The molecule has 1 aliphatic heterocycles. The number of carboxylic acid groups (broad SMARTS) is 1. The Bertz CT molecular complexity index is 583. The highest BCUT2D eigenvalue weighted by Crippen LogP contribution is 2.17. The first kappa shape index (κ1) is 17.1. The number of hydrogen-bond acceptors (Lipinski definition) is 4.